The summed E-state index contributed by atoms with van der Waals surface area (Å²) in [5.41, 5.74) is 10.3. The smallest absolute Gasteiger partial charge is 0.199 e. The van der Waals surface area contributed by atoms with Crippen LogP contribution in [0.5, 0.6) is 0 Å². The summed E-state index contributed by atoms with van der Waals surface area (Å²) in [6, 6.07) is 8.36. The molecule has 7 nitrogen and oxygen atoms in total. The van der Waals surface area contributed by atoms with E-state index >= 15 is 0 Å². The Balaban J connectivity index is 1.85. The van der Waals surface area contributed by atoms with Crippen LogP contribution in [0.2, 0.25) is 0 Å². The Morgan fingerprint density at radius 2 is 2.04 bits per heavy atom. The van der Waals surface area contributed by atoms with Crippen LogP contribution in [-0.4, -0.2) is 24.8 Å². The monoisotopic (exact) mass is 362 g/mol. The van der Waals surface area contributed by atoms with Crippen molar-refractivity contribution in [1.82, 2.24) is 24.8 Å². The molecule has 2 N–H and O–H groups in total. The Hall–Kier alpha value is -3.26. The second-order valence-electron chi connectivity index (χ2n) is 5.88. The molecule has 5 rings (SSSR count). The van der Waals surface area contributed by atoms with Crippen LogP contribution in [0.4, 0.5) is 5.82 Å². The van der Waals surface area contributed by atoms with E-state index in [0.717, 1.165) is 22.2 Å². The average molecular weight is 362 g/mol. The second kappa shape index (κ2) is 5.63. The molecule has 4 heterocycles. The number of rotatable bonds is 3. The normalized spacial score (nSPS) is 11.6. The van der Waals surface area contributed by atoms with E-state index in [1.54, 1.807) is 17.5 Å². The highest BCUT2D eigenvalue weighted by Crippen LogP contribution is 2.38. The lowest BCUT2D eigenvalue weighted by atomic mass is 10.1. The van der Waals surface area contributed by atoms with Gasteiger partial charge in [-0.15, -0.1) is 11.3 Å². The molecule has 1 aromatic carbocycles. The van der Waals surface area contributed by atoms with Crippen molar-refractivity contribution >= 4 is 38.3 Å². The van der Waals surface area contributed by atoms with Crippen molar-refractivity contribution in [2.24, 2.45) is 0 Å². The predicted molar refractivity (Wildman–Crippen MR) is 102 cm³/mol. The van der Waals surface area contributed by atoms with E-state index in [0.29, 0.717) is 18.1 Å². The van der Waals surface area contributed by atoms with Crippen LogP contribution in [0.1, 0.15) is 6.92 Å². The molecule has 0 aliphatic rings. The molecule has 8 heteroatoms. The number of aromatic nitrogens is 5. The number of nitrogens with zero attached hydrogens (tertiary/aromatic N) is 5. The quantitative estimate of drug-likeness (QED) is 0.522. The van der Waals surface area contributed by atoms with Crippen LogP contribution in [0.15, 0.2) is 46.7 Å². The topological polar surface area (TPSA) is 95.7 Å². The number of benzene rings is 1. The molecular weight excluding hydrogens is 348 g/mol. The Bertz CT molecular complexity index is 1250. The van der Waals surface area contributed by atoms with Gasteiger partial charge >= 0.3 is 0 Å². The molecule has 0 bridgehead atoms. The molecule has 26 heavy (non-hydrogen) atoms. The fraction of sp³-hybridized carbons (Fsp3) is 0.111. The van der Waals surface area contributed by atoms with Gasteiger partial charge in [0.15, 0.2) is 17.3 Å². The zero-order valence-corrected chi connectivity index (χ0v) is 14.7. The van der Waals surface area contributed by atoms with E-state index in [-0.39, 0.29) is 5.82 Å². The number of thiophene rings is 1. The fourth-order valence-corrected chi connectivity index (χ4v) is 4.27. The first-order valence-corrected chi connectivity index (χ1v) is 9.05. The van der Waals surface area contributed by atoms with Gasteiger partial charge in [-0.05, 0) is 28.7 Å². The first-order valence-electron chi connectivity index (χ1n) is 8.17. The molecule has 0 saturated carbocycles. The van der Waals surface area contributed by atoms with Gasteiger partial charge in [0.2, 0.25) is 0 Å². The summed E-state index contributed by atoms with van der Waals surface area (Å²) in [6.45, 7) is 2.77. The Labute approximate surface area is 152 Å². The van der Waals surface area contributed by atoms with Crippen LogP contribution in [0, 0.1) is 0 Å². The van der Waals surface area contributed by atoms with Crippen LogP contribution >= 0.6 is 11.3 Å². The first kappa shape index (κ1) is 15.0. The van der Waals surface area contributed by atoms with Crippen molar-refractivity contribution < 1.29 is 4.63 Å². The van der Waals surface area contributed by atoms with Crippen molar-refractivity contribution in [3.63, 3.8) is 0 Å². The molecule has 0 saturated heterocycles. The maximum Gasteiger partial charge on any atom is 0.199 e. The lowest BCUT2D eigenvalue weighted by molar-refractivity contribution is 0.310. The number of nitrogen functional groups attached to an aromatic ring is 1. The van der Waals surface area contributed by atoms with Crippen molar-refractivity contribution in [2.45, 2.75) is 13.5 Å². The van der Waals surface area contributed by atoms with Crippen LogP contribution in [0.3, 0.4) is 0 Å². The molecule has 0 spiro atoms. The van der Waals surface area contributed by atoms with Gasteiger partial charge in [0.1, 0.15) is 5.52 Å². The van der Waals surface area contributed by atoms with E-state index in [4.69, 9.17) is 15.3 Å². The molecule has 5 aromatic rings. The van der Waals surface area contributed by atoms with Crippen molar-refractivity contribution in [1.29, 1.82) is 0 Å². The van der Waals surface area contributed by atoms with Gasteiger partial charge in [0.05, 0.1) is 11.7 Å². The molecule has 0 amide bonds. The van der Waals surface area contributed by atoms with Gasteiger partial charge in [-0.25, -0.2) is 9.61 Å². The van der Waals surface area contributed by atoms with Crippen LogP contribution < -0.4 is 5.73 Å². The molecule has 0 atom stereocenters. The molecule has 4 aromatic heterocycles. The highest BCUT2D eigenvalue weighted by molar-refractivity contribution is 7.17. The van der Waals surface area contributed by atoms with E-state index in [2.05, 4.69) is 56.4 Å². The van der Waals surface area contributed by atoms with Gasteiger partial charge < -0.3 is 10.3 Å². The summed E-state index contributed by atoms with van der Waals surface area (Å²) in [7, 11) is 0. The minimum absolute atomic E-state index is 0.227. The Morgan fingerprint density at radius 1 is 1.15 bits per heavy atom. The Morgan fingerprint density at radius 3 is 2.85 bits per heavy atom. The summed E-state index contributed by atoms with van der Waals surface area (Å²) in [5.74, 6) is 0.862. The van der Waals surface area contributed by atoms with Crippen molar-refractivity contribution in [3.8, 4) is 22.6 Å². The Kier molecular flexibility index (Phi) is 3.26. The van der Waals surface area contributed by atoms with Gasteiger partial charge in [0.25, 0.3) is 0 Å². The number of hydrogen-bond acceptors (Lipinski definition) is 7. The van der Waals surface area contributed by atoms with E-state index in [1.165, 1.54) is 10.1 Å². The van der Waals surface area contributed by atoms with E-state index in [9.17, 15) is 0 Å². The van der Waals surface area contributed by atoms with Gasteiger partial charge in [-0.1, -0.05) is 18.2 Å². The van der Waals surface area contributed by atoms with Crippen LogP contribution in [0.25, 0.3) is 43.8 Å². The van der Waals surface area contributed by atoms with Gasteiger partial charge in [-0.3, -0.25) is 4.98 Å². The van der Waals surface area contributed by atoms with E-state index < -0.39 is 0 Å². The number of hydrogen-bond donors (Lipinski definition) is 1. The maximum atomic E-state index is 5.89. The third kappa shape index (κ3) is 2.05. The highest BCUT2D eigenvalue weighted by Gasteiger charge is 2.21. The summed E-state index contributed by atoms with van der Waals surface area (Å²) in [5, 5.41) is 11.0. The molecule has 0 radical (unpaired) electrons. The lowest BCUT2D eigenvalue weighted by Gasteiger charge is -2.08. The number of fused-ring (bicyclic) bond motifs is 2. The fourth-order valence-electron chi connectivity index (χ4n) is 3.31. The molecule has 0 unspecified atom stereocenters. The molecule has 128 valence electrons. The zero-order chi connectivity index (χ0) is 17.7. The lowest BCUT2D eigenvalue weighted by Crippen LogP contribution is -2.01. The molecule has 0 aliphatic carbocycles. The summed E-state index contributed by atoms with van der Waals surface area (Å²) in [6.07, 6.45) is 3.64. The standard InChI is InChI=1S/C18H14N6OS/c1-2-24-16-11(12-9-26-14-6-4-3-5-10(12)14)7-20-8-13(16)21-18(24)15-17(19)23-25-22-15/h3-9H,2H2,1H3,(H2,19,23). The van der Waals surface area contributed by atoms with Crippen LogP contribution in [-0.2, 0) is 6.54 Å². The number of imidazole rings is 1. The van der Waals surface area contributed by atoms with Crippen molar-refractivity contribution in [3.05, 3.63) is 42.0 Å². The first-order chi connectivity index (χ1) is 12.8. The number of pyridine rings is 1. The SMILES string of the molecule is CCn1c(-c2nonc2N)nc2cncc(-c3csc4ccccc34)c21. The zero-order valence-electron chi connectivity index (χ0n) is 13.9. The largest absolute Gasteiger partial charge is 0.379 e. The predicted octanol–water partition coefficient (Wildman–Crippen LogP) is 3.97. The molecular formula is C18H14N6OS. The van der Waals surface area contributed by atoms with Gasteiger partial charge in [0, 0.05) is 34.0 Å². The highest BCUT2D eigenvalue weighted by atomic mass is 32.1. The van der Waals surface area contributed by atoms with E-state index in [1.807, 2.05) is 6.20 Å². The summed E-state index contributed by atoms with van der Waals surface area (Å²) < 4.78 is 8.08. The summed E-state index contributed by atoms with van der Waals surface area (Å²) in [4.78, 5) is 9.10. The average Bonchev–Trinajstić information content (AvgIpc) is 3.36. The maximum absolute atomic E-state index is 5.89. The van der Waals surface area contributed by atoms with Crippen molar-refractivity contribution in [2.75, 3.05) is 5.73 Å². The third-order valence-electron chi connectivity index (χ3n) is 4.46. The second-order valence-corrected chi connectivity index (χ2v) is 6.79. The minimum atomic E-state index is 0.227. The number of anilines is 1. The third-order valence-corrected chi connectivity index (χ3v) is 5.43. The number of nitrogens with two attached hydrogens (primary N) is 1. The minimum Gasteiger partial charge on any atom is -0.379 e. The molecule has 0 aliphatic heterocycles. The van der Waals surface area contributed by atoms with Gasteiger partial charge in [-0.2, -0.15) is 0 Å². The summed E-state index contributed by atoms with van der Waals surface area (Å²) >= 11 is 1.72. The molecule has 0 fully saturated rings. The number of aryl methyl sites for hydroxylation is 1.